The van der Waals surface area contributed by atoms with Gasteiger partial charge in [0.05, 0.1) is 22.5 Å². The standard InChI is InChI=1S/C14H11N3S2/c1-10(12-8-15-4-5-16-12)7-11-9-19-14(17-11)13-3-2-6-18-13/h2-9H,1H3. The van der Waals surface area contributed by atoms with Crippen LogP contribution >= 0.6 is 22.7 Å². The Labute approximate surface area is 119 Å². The third kappa shape index (κ3) is 2.77. The fourth-order valence-electron chi connectivity index (χ4n) is 1.66. The summed E-state index contributed by atoms with van der Waals surface area (Å²) in [4.78, 5) is 14.2. The lowest BCUT2D eigenvalue weighted by molar-refractivity contribution is 1.16. The van der Waals surface area contributed by atoms with Crippen LogP contribution in [0.2, 0.25) is 0 Å². The molecular weight excluding hydrogens is 274 g/mol. The van der Waals surface area contributed by atoms with E-state index in [9.17, 15) is 0 Å². The zero-order valence-electron chi connectivity index (χ0n) is 10.3. The maximum absolute atomic E-state index is 4.62. The number of thiazole rings is 1. The van der Waals surface area contributed by atoms with Gasteiger partial charge in [-0.2, -0.15) is 0 Å². The van der Waals surface area contributed by atoms with E-state index in [1.54, 1.807) is 41.3 Å². The highest BCUT2D eigenvalue weighted by molar-refractivity contribution is 7.20. The minimum absolute atomic E-state index is 0.883. The van der Waals surface area contributed by atoms with Crippen LogP contribution in [-0.4, -0.2) is 15.0 Å². The molecule has 94 valence electrons. The number of hydrogen-bond donors (Lipinski definition) is 0. The monoisotopic (exact) mass is 285 g/mol. The smallest absolute Gasteiger partial charge is 0.134 e. The lowest BCUT2D eigenvalue weighted by Gasteiger charge is -1.97. The Morgan fingerprint density at radius 3 is 2.95 bits per heavy atom. The van der Waals surface area contributed by atoms with Crippen molar-refractivity contribution in [3.63, 3.8) is 0 Å². The summed E-state index contributed by atoms with van der Waals surface area (Å²) in [6.07, 6.45) is 7.18. The Balaban J connectivity index is 1.88. The molecule has 5 heteroatoms. The van der Waals surface area contributed by atoms with Gasteiger partial charge in [0.15, 0.2) is 0 Å². The van der Waals surface area contributed by atoms with Crippen LogP contribution in [0, 0.1) is 0 Å². The first-order valence-electron chi connectivity index (χ1n) is 5.77. The van der Waals surface area contributed by atoms with Crippen molar-refractivity contribution < 1.29 is 0 Å². The van der Waals surface area contributed by atoms with Gasteiger partial charge in [0.2, 0.25) is 0 Å². The van der Waals surface area contributed by atoms with Crippen molar-refractivity contribution >= 4 is 34.3 Å². The maximum atomic E-state index is 4.62. The molecule has 0 aliphatic carbocycles. The van der Waals surface area contributed by atoms with E-state index in [-0.39, 0.29) is 0 Å². The molecule has 0 aromatic carbocycles. The lowest BCUT2D eigenvalue weighted by atomic mass is 10.2. The zero-order chi connectivity index (χ0) is 13.1. The molecule has 0 spiro atoms. The summed E-state index contributed by atoms with van der Waals surface area (Å²) in [7, 11) is 0. The average molecular weight is 285 g/mol. The van der Waals surface area contributed by atoms with E-state index in [1.165, 1.54) is 4.88 Å². The van der Waals surface area contributed by atoms with Crippen LogP contribution in [0.15, 0.2) is 41.5 Å². The fourth-order valence-corrected chi connectivity index (χ4v) is 3.26. The topological polar surface area (TPSA) is 38.7 Å². The predicted molar refractivity (Wildman–Crippen MR) is 81.0 cm³/mol. The summed E-state index contributed by atoms with van der Waals surface area (Å²) >= 11 is 3.37. The predicted octanol–water partition coefficient (Wildman–Crippen LogP) is 4.22. The number of aromatic nitrogens is 3. The molecule has 0 saturated carbocycles. The van der Waals surface area contributed by atoms with Crippen LogP contribution in [0.3, 0.4) is 0 Å². The van der Waals surface area contributed by atoms with Gasteiger partial charge in [-0.15, -0.1) is 22.7 Å². The molecule has 0 bridgehead atoms. The lowest BCUT2D eigenvalue weighted by Crippen LogP contribution is -1.86. The maximum Gasteiger partial charge on any atom is 0.134 e. The molecule has 0 fully saturated rings. The third-order valence-corrected chi connectivity index (χ3v) is 4.49. The number of nitrogens with zero attached hydrogens (tertiary/aromatic N) is 3. The molecular formula is C14H11N3S2. The molecule has 3 aromatic heterocycles. The second-order valence-electron chi connectivity index (χ2n) is 3.97. The van der Waals surface area contributed by atoms with Crippen molar-refractivity contribution in [2.75, 3.05) is 0 Å². The van der Waals surface area contributed by atoms with Crippen LogP contribution in [0.5, 0.6) is 0 Å². The molecule has 0 saturated heterocycles. The molecule has 19 heavy (non-hydrogen) atoms. The van der Waals surface area contributed by atoms with E-state index in [0.29, 0.717) is 0 Å². The van der Waals surface area contributed by atoms with E-state index >= 15 is 0 Å². The van der Waals surface area contributed by atoms with Gasteiger partial charge in [-0.25, -0.2) is 4.98 Å². The van der Waals surface area contributed by atoms with Crippen LogP contribution in [-0.2, 0) is 0 Å². The van der Waals surface area contributed by atoms with Gasteiger partial charge in [-0.3, -0.25) is 9.97 Å². The molecule has 3 rings (SSSR count). The first kappa shape index (κ1) is 12.2. The minimum Gasteiger partial charge on any atom is -0.261 e. The SMILES string of the molecule is CC(=Cc1csc(-c2cccs2)n1)c1cnccn1. The van der Waals surface area contributed by atoms with Crippen molar-refractivity contribution in [3.8, 4) is 9.88 Å². The van der Waals surface area contributed by atoms with Crippen LogP contribution in [0.1, 0.15) is 18.3 Å². The highest BCUT2D eigenvalue weighted by Gasteiger charge is 2.05. The van der Waals surface area contributed by atoms with Gasteiger partial charge in [0.25, 0.3) is 0 Å². The summed E-state index contributed by atoms with van der Waals surface area (Å²) in [6, 6.07) is 4.13. The Morgan fingerprint density at radius 1 is 1.26 bits per heavy atom. The molecule has 0 aliphatic rings. The van der Waals surface area contributed by atoms with E-state index in [2.05, 4.69) is 31.8 Å². The summed E-state index contributed by atoms with van der Waals surface area (Å²) in [5.74, 6) is 0. The fraction of sp³-hybridized carbons (Fsp3) is 0.0714. The summed E-state index contributed by atoms with van der Waals surface area (Å²) in [5.41, 5.74) is 2.92. The van der Waals surface area contributed by atoms with E-state index in [0.717, 1.165) is 22.0 Å². The normalized spacial score (nSPS) is 11.7. The molecule has 0 unspecified atom stereocenters. The molecule has 0 aliphatic heterocycles. The quantitative estimate of drug-likeness (QED) is 0.723. The van der Waals surface area contributed by atoms with Crippen LogP contribution in [0.25, 0.3) is 21.5 Å². The molecule has 3 nitrogen and oxygen atoms in total. The summed E-state index contributed by atoms with van der Waals surface area (Å²) < 4.78 is 0. The highest BCUT2D eigenvalue weighted by atomic mass is 32.1. The summed E-state index contributed by atoms with van der Waals surface area (Å²) in [5, 5.41) is 5.19. The minimum atomic E-state index is 0.883. The summed E-state index contributed by atoms with van der Waals surface area (Å²) in [6.45, 7) is 2.02. The molecule has 3 heterocycles. The van der Waals surface area contributed by atoms with E-state index in [1.807, 2.05) is 19.1 Å². The Kier molecular flexibility index (Phi) is 3.48. The molecule has 0 N–H and O–H groups in total. The average Bonchev–Trinajstić information content (AvgIpc) is 3.10. The van der Waals surface area contributed by atoms with Crippen molar-refractivity contribution in [2.45, 2.75) is 6.92 Å². The Hall–Kier alpha value is -1.85. The largest absolute Gasteiger partial charge is 0.261 e. The number of allylic oxidation sites excluding steroid dienone is 1. The van der Waals surface area contributed by atoms with Crippen molar-refractivity contribution in [3.05, 3.63) is 52.9 Å². The van der Waals surface area contributed by atoms with Gasteiger partial charge >= 0.3 is 0 Å². The van der Waals surface area contributed by atoms with Crippen molar-refractivity contribution in [2.24, 2.45) is 0 Å². The van der Waals surface area contributed by atoms with Gasteiger partial charge in [-0.1, -0.05) is 6.07 Å². The third-order valence-electron chi connectivity index (χ3n) is 2.59. The molecule has 0 atom stereocenters. The van der Waals surface area contributed by atoms with Crippen LogP contribution < -0.4 is 0 Å². The second kappa shape index (κ2) is 5.42. The first-order valence-corrected chi connectivity index (χ1v) is 7.53. The highest BCUT2D eigenvalue weighted by Crippen LogP contribution is 2.28. The van der Waals surface area contributed by atoms with Gasteiger partial charge in [0.1, 0.15) is 5.01 Å². The van der Waals surface area contributed by atoms with Crippen LogP contribution in [0.4, 0.5) is 0 Å². The van der Waals surface area contributed by atoms with Gasteiger partial charge in [0, 0.05) is 17.8 Å². The van der Waals surface area contributed by atoms with Gasteiger partial charge < -0.3 is 0 Å². The van der Waals surface area contributed by atoms with E-state index in [4.69, 9.17) is 0 Å². The zero-order valence-corrected chi connectivity index (χ0v) is 11.9. The Bertz CT molecular complexity index is 685. The second-order valence-corrected chi connectivity index (χ2v) is 5.78. The molecule has 0 radical (unpaired) electrons. The van der Waals surface area contributed by atoms with Crippen molar-refractivity contribution in [1.82, 2.24) is 15.0 Å². The molecule has 3 aromatic rings. The molecule has 0 amide bonds. The Morgan fingerprint density at radius 2 is 2.21 bits per heavy atom. The first-order chi connectivity index (χ1) is 9.33. The van der Waals surface area contributed by atoms with Gasteiger partial charge in [-0.05, 0) is 30.0 Å². The number of hydrogen-bond acceptors (Lipinski definition) is 5. The van der Waals surface area contributed by atoms with E-state index < -0.39 is 0 Å². The number of rotatable bonds is 3. The van der Waals surface area contributed by atoms with Crippen molar-refractivity contribution in [1.29, 1.82) is 0 Å². The number of thiophene rings is 1.